The second kappa shape index (κ2) is 4.51. The minimum absolute atomic E-state index is 0.203. The second-order valence-electron chi connectivity index (χ2n) is 4.27. The molecule has 1 fully saturated rings. The lowest BCUT2D eigenvalue weighted by molar-refractivity contribution is -0.119. The zero-order valence-corrected chi connectivity index (χ0v) is 9.35. The van der Waals surface area contributed by atoms with Crippen molar-refractivity contribution < 1.29 is 9.53 Å². The number of carbonyl (C=O) groups is 1. The molecule has 86 valence electrons. The quantitative estimate of drug-likeness (QED) is 0.817. The monoisotopic (exact) mass is 220 g/mol. The molecule has 2 rings (SSSR count). The molecule has 1 aliphatic carbocycles. The van der Waals surface area contributed by atoms with Crippen LogP contribution in [-0.2, 0) is 4.79 Å². The first kappa shape index (κ1) is 10.9. The third-order valence-corrected chi connectivity index (χ3v) is 2.98. The minimum atomic E-state index is -0.265. The molecular weight excluding hydrogens is 204 g/mol. The van der Waals surface area contributed by atoms with Crippen LogP contribution in [0.5, 0.6) is 5.88 Å². The van der Waals surface area contributed by atoms with Gasteiger partial charge < -0.3 is 10.5 Å². The standard InChI is InChI=1S/C12H16N2O2/c1-16-11-5-4-9(7-14-11)10(12(13)15)6-8-2-3-8/h4-5,7-8,10H,2-3,6H2,1H3,(H2,13,15). The number of nitrogens with zero attached hydrogens (tertiary/aromatic N) is 1. The van der Waals surface area contributed by atoms with Crippen molar-refractivity contribution in [2.24, 2.45) is 11.7 Å². The number of aromatic nitrogens is 1. The largest absolute Gasteiger partial charge is 0.481 e. The summed E-state index contributed by atoms with van der Waals surface area (Å²) in [4.78, 5) is 15.5. The number of rotatable bonds is 5. The van der Waals surface area contributed by atoms with Crippen molar-refractivity contribution in [2.75, 3.05) is 7.11 Å². The average molecular weight is 220 g/mol. The van der Waals surface area contributed by atoms with Gasteiger partial charge in [0.1, 0.15) is 0 Å². The van der Waals surface area contributed by atoms with Gasteiger partial charge in [-0.25, -0.2) is 4.98 Å². The fourth-order valence-electron chi connectivity index (χ4n) is 1.82. The van der Waals surface area contributed by atoms with Gasteiger partial charge in [-0.05, 0) is 17.9 Å². The first-order valence-electron chi connectivity index (χ1n) is 5.50. The number of ether oxygens (including phenoxy) is 1. The Balaban J connectivity index is 2.13. The maximum atomic E-state index is 11.4. The number of hydrogen-bond acceptors (Lipinski definition) is 3. The van der Waals surface area contributed by atoms with Gasteiger partial charge in [-0.1, -0.05) is 18.9 Å². The molecule has 0 saturated heterocycles. The van der Waals surface area contributed by atoms with Crippen LogP contribution in [0.1, 0.15) is 30.7 Å². The van der Waals surface area contributed by atoms with E-state index in [4.69, 9.17) is 10.5 Å². The molecule has 4 heteroatoms. The predicted octanol–water partition coefficient (Wildman–Crippen LogP) is 1.46. The number of pyridine rings is 1. The zero-order chi connectivity index (χ0) is 11.5. The highest BCUT2D eigenvalue weighted by Gasteiger charge is 2.29. The van der Waals surface area contributed by atoms with E-state index in [1.165, 1.54) is 12.8 Å². The van der Waals surface area contributed by atoms with Gasteiger partial charge in [0, 0.05) is 12.3 Å². The van der Waals surface area contributed by atoms with E-state index in [9.17, 15) is 4.79 Å². The molecule has 2 N–H and O–H groups in total. The van der Waals surface area contributed by atoms with Crippen molar-refractivity contribution >= 4 is 5.91 Å². The van der Waals surface area contributed by atoms with E-state index in [-0.39, 0.29) is 11.8 Å². The van der Waals surface area contributed by atoms with Crippen LogP contribution in [0.3, 0.4) is 0 Å². The highest BCUT2D eigenvalue weighted by atomic mass is 16.5. The number of hydrogen-bond donors (Lipinski definition) is 1. The molecule has 0 aromatic carbocycles. The van der Waals surface area contributed by atoms with Crippen LogP contribution in [0.25, 0.3) is 0 Å². The SMILES string of the molecule is COc1ccc(C(CC2CC2)C(N)=O)cn1. The van der Waals surface area contributed by atoms with Crippen LogP contribution in [0.2, 0.25) is 0 Å². The van der Waals surface area contributed by atoms with Gasteiger partial charge in [0.05, 0.1) is 13.0 Å². The molecule has 1 atom stereocenters. The summed E-state index contributed by atoms with van der Waals surface area (Å²) >= 11 is 0. The Labute approximate surface area is 94.8 Å². The summed E-state index contributed by atoms with van der Waals surface area (Å²) in [5.74, 6) is 0.753. The van der Waals surface area contributed by atoms with Crippen LogP contribution in [0, 0.1) is 5.92 Å². The number of carbonyl (C=O) groups excluding carboxylic acids is 1. The Hall–Kier alpha value is -1.58. The third kappa shape index (κ3) is 2.51. The molecule has 1 heterocycles. The van der Waals surface area contributed by atoms with Crippen molar-refractivity contribution in [3.8, 4) is 5.88 Å². The first-order chi connectivity index (χ1) is 7.70. The number of amides is 1. The number of nitrogens with two attached hydrogens (primary N) is 1. The van der Waals surface area contributed by atoms with Crippen LogP contribution in [-0.4, -0.2) is 18.0 Å². The lowest BCUT2D eigenvalue weighted by Crippen LogP contribution is -2.22. The van der Waals surface area contributed by atoms with Crippen LogP contribution >= 0.6 is 0 Å². The summed E-state index contributed by atoms with van der Waals surface area (Å²) in [7, 11) is 1.57. The Kier molecular flexibility index (Phi) is 3.08. The van der Waals surface area contributed by atoms with Crippen LogP contribution < -0.4 is 10.5 Å². The molecule has 1 unspecified atom stereocenters. The van der Waals surface area contributed by atoms with E-state index in [1.54, 1.807) is 19.4 Å². The Morgan fingerprint density at radius 1 is 1.62 bits per heavy atom. The summed E-state index contributed by atoms with van der Waals surface area (Å²) < 4.78 is 4.98. The molecule has 4 nitrogen and oxygen atoms in total. The lowest BCUT2D eigenvalue weighted by Gasteiger charge is -2.12. The summed E-state index contributed by atoms with van der Waals surface area (Å²) in [5, 5.41) is 0. The van der Waals surface area contributed by atoms with Gasteiger partial charge >= 0.3 is 0 Å². The molecule has 0 aliphatic heterocycles. The molecule has 1 aromatic heterocycles. The molecule has 16 heavy (non-hydrogen) atoms. The number of methoxy groups -OCH3 is 1. The third-order valence-electron chi connectivity index (χ3n) is 2.98. The molecule has 1 aromatic rings. The molecule has 1 amide bonds. The van der Waals surface area contributed by atoms with E-state index in [1.807, 2.05) is 6.07 Å². The highest BCUT2D eigenvalue weighted by Crippen LogP contribution is 2.38. The highest BCUT2D eigenvalue weighted by molar-refractivity contribution is 5.81. The maximum Gasteiger partial charge on any atom is 0.225 e. The molecule has 1 aliphatic rings. The van der Waals surface area contributed by atoms with E-state index in [0.29, 0.717) is 11.8 Å². The summed E-state index contributed by atoms with van der Waals surface area (Å²) in [6.07, 6.45) is 4.96. The lowest BCUT2D eigenvalue weighted by atomic mass is 9.94. The Morgan fingerprint density at radius 2 is 2.38 bits per heavy atom. The van der Waals surface area contributed by atoms with Gasteiger partial charge in [0.15, 0.2) is 0 Å². The topological polar surface area (TPSA) is 65.2 Å². The molecule has 0 radical (unpaired) electrons. The first-order valence-corrected chi connectivity index (χ1v) is 5.50. The van der Waals surface area contributed by atoms with Gasteiger partial charge in [0.25, 0.3) is 0 Å². The second-order valence-corrected chi connectivity index (χ2v) is 4.27. The summed E-state index contributed by atoms with van der Waals surface area (Å²) in [6.45, 7) is 0. The van der Waals surface area contributed by atoms with Gasteiger partial charge in [0.2, 0.25) is 11.8 Å². The van der Waals surface area contributed by atoms with Crippen molar-refractivity contribution in [3.05, 3.63) is 23.9 Å². The zero-order valence-electron chi connectivity index (χ0n) is 9.35. The van der Waals surface area contributed by atoms with Crippen molar-refractivity contribution in [3.63, 3.8) is 0 Å². The number of primary amides is 1. The van der Waals surface area contributed by atoms with Crippen LogP contribution in [0.4, 0.5) is 0 Å². The summed E-state index contributed by atoms with van der Waals surface area (Å²) in [6, 6.07) is 3.63. The van der Waals surface area contributed by atoms with Crippen molar-refractivity contribution in [1.29, 1.82) is 0 Å². The van der Waals surface area contributed by atoms with Crippen LogP contribution in [0.15, 0.2) is 18.3 Å². The molecule has 0 spiro atoms. The summed E-state index contributed by atoms with van der Waals surface area (Å²) in [5.41, 5.74) is 6.31. The smallest absolute Gasteiger partial charge is 0.225 e. The normalized spacial score (nSPS) is 16.8. The molecule has 1 saturated carbocycles. The van der Waals surface area contributed by atoms with E-state index in [2.05, 4.69) is 4.98 Å². The van der Waals surface area contributed by atoms with Crippen molar-refractivity contribution in [2.45, 2.75) is 25.2 Å². The fraction of sp³-hybridized carbons (Fsp3) is 0.500. The maximum absolute atomic E-state index is 11.4. The van der Waals surface area contributed by atoms with Crippen molar-refractivity contribution in [1.82, 2.24) is 4.98 Å². The minimum Gasteiger partial charge on any atom is -0.481 e. The van der Waals surface area contributed by atoms with E-state index >= 15 is 0 Å². The average Bonchev–Trinajstić information content (AvgIpc) is 3.09. The molecular formula is C12H16N2O2. The predicted molar refractivity (Wildman–Crippen MR) is 60.1 cm³/mol. The molecule has 0 bridgehead atoms. The Morgan fingerprint density at radius 3 is 2.81 bits per heavy atom. The van der Waals surface area contributed by atoms with Gasteiger partial charge in [-0.3, -0.25) is 4.79 Å². The van der Waals surface area contributed by atoms with E-state index < -0.39 is 0 Å². The van der Waals surface area contributed by atoms with Gasteiger partial charge in [-0.2, -0.15) is 0 Å². The van der Waals surface area contributed by atoms with Gasteiger partial charge in [-0.15, -0.1) is 0 Å². The van der Waals surface area contributed by atoms with E-state index in [0.717, 1.165) is 12.0 Å². The Bertz CT molecular complexity index is 371. The fourth-order valence-corrected chi connectivity index (χ4v) is 1.82.